The first-order chi connectivity index (χ1) is 9.69. The molecule has 3 unspecified atom stereocenters. The summed E-state index contributed by atoms with van der Waals surface area (Å²) in [5, 5.41) is 3.50. The highest BCUT2D eigenvalue weighted by molar-refractivity contribution is 5.23. The molecule has 0 aliphatic heterocycles. The van der Waals surface area contributed by atoms with Gasteiger partial charge in [0.05, 0.1) is 0 Å². The fourth-order valence-electron chi connectivity index (χ4n) is 2.89. The molecule has 1 aliphatic rings. The Morgan fingerprint density at radius 3 is 3.05 bits per heavy atom. The van der Waals surface area contributed by atoms with Crippen LogP contribution in [-0.2, 0) is 0 Å². The van der Waals surface area contributed by atoms with Crippen molar-refractivity contribution in [2.75, 3.05) is 6.54 Å². The van der Waals surface area contributed by atoms with E-state index in [-0.39, 0.29) is 0 Å². The molecule has 0 amide bonds. The molecule has 0 aromatic carbocycles. The molecule has 1 heterocycles. The van der Waals surface area contributed by atoms with Gasteiger partial charge in [0.25, 0.3) is 0 Å². The normalized spacial score (nSPS) is 24.4. The summed E-state index contributed by atoms with van der Waals surface area (Å²) in [6, 6.07) is 4.52. The van der Waals surface area contributed by atoms with Crippen molar-refractivity contribution in [3.8, 4) is 5.88 Å². The first-order valence-electron chi connectivity index (χ1n) is 8.05. The fourth-order valence-corrected chi connectivity index (χ4v) is 2.89. The lowest BCUT2D eigenvalue weighted by Crippen LogP contribution is -2.24. The summed E-state index contributed by atoms with van der Waals surface area (Å²) in [5.41, 5.74) is 1.26. The van der Waals surface area contributed by atoms with Crippen molar-refractivity contribution in [2.24, 2.45) is 5.92 Å². The van der Waals surface area contributed by atoms with Gasteiger partial charge < -0.3 is 10.1 Å². The molecule has 3 atom stereocenters. The number of nitrogens with one attached hydrogen (secondary N) is 1. The molecule has 112 valence electrons. The monoisotopic (exact) mass is 276 g/mol. The third-order valence-electron chi connectivity index (χ3n) is 4.14. The van der Waals surface area contributed by atoms with Gasteiger partial charge in [0.2, 0.25) is 5.88 Å². The Bertz CT molecular complexity index is 408. The lowest BCUT2D eigenvalue weighted by atomic mass is 9.89. The molecule has 1 N–H and O–H groups in total. The molecule has 3 heteroatoms. The third kappa shape index (κ3) is 4.48. The topological polar surface area (TPSA) is 34.2 Å². The van der Waals surface area contributed by atoms with E-state index in [1.807, 2.05) is 6.20 Å². The van der Waals surface area contributed by atoms with Crippen molar-refractivity contribution in [1.82, 2.24) is 10.3 Å². The molecular weight excluding hydrogens is 248 g/mol. The van der Waals surface area contributed by atoms with Crippen LogP contribution < -0.4 is 10.1 Å². The zero-order valence-electron chi connectivity index (χ0n) is 13.1. The first-order valence-corrected chi connectivity index (χ1v) is 8.05. The second kappa shape index (κ2) is 7.63. The van der Waals surface area contributed by atoms with Gasteiger partial charge in [0.1, 0.15) is 6.10 Å². The van der Waals surface area contributed by atoms with Crippen molar-refractivity contribution < 1.29 is 4.74 Å². The second-order valence-electron chi connectivity index (χ2n) is 6.11. The molecule has 1 fully saturated rings. The Hall–Kier alpha value is -1.09. The smallest absolute Gasteiger partial charge is 0.213 e. The van der Waals surface area contributed by atoms with Crippen molar-refractivity contribution in [3.05, 3.63) is 23.9 Å². The molecule has 1 aromatic heterocycles. The van der Waals surface area contributed by atoms with Crippen LogP contribution in [0, 0.1) is 5.92 Å². The number of ether oxygens (including phenoxy) is 1. The Morgan fingerprint density at radius 2 is 2.30 bits per heavy atom. The summed E-state index contributed by atoms with van der Waals surface area (Å²) in [6.07, 6.45) is 8.31. The van der Waals surface area contributed by atoms with Gasteiger partial charge in [-0.3, -0.25) is 0 Å². The molecular formula is C17H28N2O. The molecule has 3 nitrogen and oxygen atoms in total. The number of hydrogen-bond acceptors (Lipinski definition) is 3. The van der Waals surface area contributed by atoms with Gasteiger partial charge in [-0.25, -0.2) is 4.98 Å². The molecule has 20 heavy (non-hydrogen) atoms. The molecule has 1 saturated carbocycles. The van der Waals surface area contributed by atoms with E-state index in [2.05, 4.69) is 43.2 Å². The van der Waals surface area contributed by atoms with E-state index >= 15 is 0 Å². The Morgan fingerprint density at radius 1 is 1.45 bits per heavy atom. The summed E-state index contributed by atoms with van der Waals surface area (Å²) >= 11 is 0. The van der Waals surface area contributed by atoms with Gasteiger partial charge in [-0.15, -0.1) is 0 Å². The maximum Gasteiger partial charge on any atom is 0.213 e. The van der Waals surface area contributed by atoms with Crippen LogP contribution in [0.15, 0.2) is 18.3 Å². The number of rotatable bonds is 6. The quantitative estimate of drug-likeness (QED) is 0.849. The number of nitrogens with zero attached hydrogens (tertiary/aromatic N) is 1. The molecule has 0 spiro atoms. The van der Waals surface area contributed by atoms with E-state index in [1.54, 1.807) is 0 Å². The SMILES string of the molecule is CCCNC(C)c1ccnc(OC2CCCC(C)C2)c1. The van der Waals surface area contributed by atoms with Gasteiger partial charge in [-0.2, -0.15) is 0 Å². The van der Waals surface area contributed by atoms with Crippen molar-refractivity contribution in [1.29, 1.82) is 0 Å². The van der Waals surface area contributed by atoms with Gasteiger partial charge in [0, 0.05) is 18.3 Å². The van der Waals surface area contributed by atoms with E-state index in [0.717, 1.165) is 31.2 Å². The first kappa shape index (κ1) is 15.3. The number of pyridine rings is 1. The second-order valence-corrected chi connectivity index (χ2v) is 6.11. The zero-order chi connectivity index (χ0) is 14.4. The Balaban J connectivity index is 1.94. The van der Waals surface area contributed by atoms with Crippen LogP contribution in [0.25, 0.3) is 0 Å². The maximum absolute atomic E-state index is 6.08. The minimum absolute atomic E-state index is 0.348. The predicted molar refractivity (Wildman–Crippen MR) is 83.0 cm³/mol. The van der Waals surface area contributed by atoms with E-state index in [4.69, 9.17) is 4.74 Å². The van der Waals surface area contributed by atoms with Crippen LogP contribution in [0.2, 0.25) is 0 Å². The fraction of sp³-hybridized carbons (Fsp3) is 0.706. The largest absolute Gasteiger partial charge is 0.474 e. The van der Waals surface area contributed by atoms with Crippen molar-refractivity contribution >= 4 is 0 Å². The average molecular weight is 276 g/mol. The van der Waals surface area contributed by atoms with Crippen LogP contribution in [0.1, 0.15) is 64.5 Å². The van der Waals surface area contributed by atoms with E-state index in [9.17, 15) is 0 Å². The third-order valence-corrected chi connectivity index (χ3v) is 4.14. The van der Waals surface area contributed by atoms with Crippen LogP contribution in [0.5, 0.6) is 5.88 Å². The Kier molecular flexibility index (Phi) is 5.84. The molecule has 0 saturated heterocycles. The van der Waals surface area contributed by atoms with E-state index in [0.29, 0.717) is 12.1 Å². The van der Waals surface area contributed by atoms with Crippen LogP contribution in [0.4, 0.5) is 0 Å². The summed E-state index contributed by atoms with van der Waals surface area (Å²) < 4.78 is 6.08. The van der Waals surface area contributed by atoms with Gasteiger partial charge in [-0.1, -0.05) is 20.3 Å². The summed E-state index contributed by atoms with van der Waals surface area (Å²) in [5.74, 6) is 1.56. The minimum Gasteiger partial charge on any atom is -0.474 e. The lowest BCUT2D eigenvalue weighted by Gasteiger charge is -2.27. The van der Waals surface area contributed by atoms with E-state index in [1.165, 1.54) is 24.8 Å². The molecule has 1 aromatic rings. The summed E-state index contributed by atoms with van der Waals surface area (Å²) in [4.78, 5) is 4.37. The van der Waals surface area contributed by atoms with Crippen molar-refractivity contribution in [3.63, 3.8) is 0 Å². The van der Waals surface area contributed by atoms with Crippen LogP contribution in [-0.4, -0.2) is 17.6 Å². The molecule has 1 aliphatic carbocycles. The highest BCUT2D eigenvalue weighted by Crippen LogP contribution is 2.27. The van der Waals surface area contributed by atoms with Gasteiger partial charge >= 0.3 is 0 Å². The highest BCUT2D eigenvalue weighted by Gasteiger charge is 2.20. The standard InChI is InChI=1S/C17H28N2O/c1-4-9-18-14(3)15-8-10-19-17(12-15)20-16-7-5-6-13(2)11-16/h8,10,12-14,16,18H,4-7,9,11H2,1-3H3. The number of hydrogen-bond donors (Lipinski definition) is 1. The van der Waals surface area contributed by atoms with Gasteiger partial charge in [0.15, 0.2) is 0 Å². The van der Waals surface area contributed by atoms with Gasteiger partial charge in [-0.05, 0) is 56.7 Å². The average Bonchev–Trinajstić information content (AvgIpc) is 2.45. The molecule has 0 bridgehead atoms. The Labute approximate surface area is 123 Å². The molecule has 2 rings (SSSR count). The zero-order valence-corrected chi connectivity index (χ0v) is 13.1. The lowest BCUT2D eigenvalue weighted by molar-refractivity contribution is 0.124. The maximum atomic E-state index is 6.08. The minimum atomic E-state index is 0.348. The molecule has 0 radical (unpaired) electrons. The van der Waals surface area contributed by atoms with Crippen LogP contribution in [0.3, 0.4) is 0 Å². The highest BCUT2D eigenvalue weighted by atomic mass is 16.5. The summed E-state index contributed by atoms with van der Waals surface area (Å²) in [6.45, 7) is 7.73. The van der Waals surface area contributed by atoms with Crippen LogP contribution >= 0.6 is 0 Å². The summed E-state index contributed by atoms with van der Waals surface area (Å²) in [7, 11) is 0. The number of aromatic nitrogens is 1. The van der Waals surface area contributed by atoms with Crippen molar-refractivity contribution in [2.45, 2.75) is 65.0 Å². The predicted octanol–water partition coefficient (Wildman–Crippen LogP) is 4.10. The van der Waals surface area contributed by atoms with E-state index < -0.39 is 0 Å².